The fraction of sp³-hybridized carbons (Fsp3) is 0.412. The van der Waals surface area contributed by atoms with Crippen LogP contribution in [0.5, 0.6) is 5.75 Å². The number of nitrogens with one attached hydrogen (secondary N) is 2. The summed E-state index contributed by atoms with van der Waals surface area (Å²) in [4.78, 5) is 10.2. The van der Waals surface area contributed by atoms with Crippen molar-refractivity contribution in [2.24, 2.45) is 4.99 Å². The minimum Gasteiger partial charge on any atom is -0.496 e. The molecule has 5 nitrogen and oxygen atoms in total. The van der Waals surface area contributed by atoms with Crippen molar-refractivity contribution in [2.45, 2.75) is 33.9 Å². The van der Waals surface area contributed by atoms with E-state index in [0.717, 1.165) is 28.8 Å². The summed E-state index contributed by atoms with van der Waals surface area (Å²) in [5.74, 6) is 1.66. The maximum Gasteiger partial charge on any atom is 0.191 e. The monoisotopic (exact) mass is 460 g/mol. The highest BCUT2D eigenvalue weighted by atomic mass is 127. The third-order valence-electron chi connectivity index (χ3n) is 3.27. The molecule has 0 amide bonds. The van der Waals surface area contributed by atoms with Gasteiger partial charge in [0.05, 0.1) is 20.2 Å². The minimum absolute atomic E-state index is 0. The predicted molar refractivity (Wildman–Crippen MR) is 112 cm³/mol. The molecule has 1 aromatic carbocycles. The van der Waals surface area contributed by atoms with E-state index in [1.54, 1.807) is 18.4 Å². The zero-order chi connectivity index (χ0) is 16.7. The highest BCUT2D eigenvalue weighted by Gasteiger charge is 2.05. The zero-order valence-corrected chi connectivity index (χ0v) is 17.7. The number of halogens is 1. The number of rotatable bonds is 6. The Labute approximate surface area is 165 Å². The summed E-state index contributed by atoms with van der Waals surface area (Å²) in [5, 5.41) is 7.63. The van der Waals surface area contributed by atoms with E-state index in [-0.39, 0.29) is 24.0 Å². The van der Waals surface area contributed by atoms with Gasteiger partial charge in [-0.3, -0.25) is 0 Å². The Bertz CT molecular complexity index is 672. The summed E-state index contributed by atoms with van der Waals surface area (Å²) >= 11 is 1.69. The van der Waals surface area contributed by atoms with Crippen molar-refractivity contribution >= 4 is 41.3 Å². The van der Waals surface area contributed by atoms with Gasteiger partial charge in [-0.25, -0.2) is 9.98 Å². The molecule has 0 aliphatic rings. The number of thiazole rings is 1. The van der Waals surface area contributed by atoms with Crippen LogP contribution in [-0.2, 0) is 13.1 Å². The van der Waals surface area contributed by atoms with Gasteiger partial charge in [0.25, 0.3) is 0 Å². The van der Waals surface area contributed by atoms with Crippen molar-refractivity contribution in [3.63, 3.8) is 0 Å². The molecule has 0 bridgehead atoms. The molecule has 0 atom stereocenters. The third-order valence-corrected chi connectivity index (χ3v) is 4.18. The van der Waals surface area contributed by atoms with Gasteiger partial charge < -0.3 is 15.4 Å². The van der Waals surface area contributed by atoms with Crippen LogP contribution in [0.15, 0.2) is 29.4 Å². The quantitative estimate of drug-likeness (QED) is 0.393. The molecule has 0 unspecified atom stereocenters. The van der Waals surface area contributed by atoms with Gasteiger partial charge in [-0.15, -0.1) is 35.3 Å². The molecule has 0 saturated heterocycles. The molecule has 1 aromatic heterocycles. The second kappa shape index (κ2) is 10.5. The molecular weight excluding hydrogens is 435 g/mol. The number of aromatic nitrogens is 1. The fourth-order valence-corrected chi connectivity index (χ4v) is 2.86. The first-order chi connectivity index (χ1) is 11.1. The lowest BCUT2D eigenvalue weighted by Crippen LogP contribution is -2.36. The SMILES string of the molecule is CCNC(=NCc1ccc(C)cc1OC)NCc1ncc(C)s1.I. The largest absolute Gasteiger partial charge is 0.496 e. The van der Waals surface area contributed by atoms with Crippen molar-refractivity contribution in [1.29, 1.82) is 0 Å². The zero-order valence-electron chi connectivity index (χ0n) is 14.5. The first kappa shape index (κ1) is 20.7. The number of benzene rings is 1. The third kappa shape index (κ3) is 6.27. The molecule has 0 aliphatic carbocycles. The lowest BCUT2D eigenvalue weighted by atomic mass is 10.1. The Hall–Kier alpha value is -1.35. The molecule has 24 heavy (non-hydrogen) atoms. The molecule has 2 aromatic rings. The summed E-state index contributed by atoms with van der Waals surface area (Å²) in [7, 11) is 1.69. The van der Waals surface area contributed by atoms with E-state index < -0.39 is 0 Å². The summed E-state index contributed by atoms with van der Waals surface area (Å²) in [6, 6.07) is 6.17. The number of aliphatic imine (C=N–C) groups is 1. The number of ether oxygens (including phenoxy) is 1. The Morgan fingerprint density at radius 2 is 2.08 bits per heavy atom. The van der Waals surface area contributed by atoms with Crippen LogP contribution < -0.4 is 15.4 Å². The van der Waals surface area contributed by atoms with Gasteiger partial charge in [0.15, 0.2) is 5.96 Å². The van der Waals surface area contributed by atoms with Crippen LogP contribution >= 0.6 is 35.3 Å². The average Bonchev–Trinajstić information content (AvgIpc) is 2.96. The lowest BCUT2D eigenvalue weighted by Gasteiger charge is -2.11. The van der Waals surface area contributed by atoms with Crippen LogP contribution in [0.1, 0.15) is 27.9 Å². The fourth-order valence-electron chi connectivity index (χ4n) is 2.13. The highest BCUT2D eigenvalue weighted by molar-refractivity contribution is 14.0. The van der Waals surface area contributed by atoms with Gasteiger partial charge in [0.1, 0.15) is 10.8 Å². The van der Waals surface area contributed by atoms with Crippen LogP contribution in [0.2, 0.25) is 0 Å². The van der Waals surface area contributed by atoms with Crippen molar-refractivity contribution in [2.75, 3.05) is 13.7 Å². The van der Waals surface area contributed by atoms with Gasteiger partial charge in [0.2, 0.25) is 0 Å². The molecule has 2 rings (SSSR count). The van der Waals surface area contributed by atoms with E-state index in [0.29, 0.717) is 13.1 Å². The highest BCUT2D eigenvalue weighted by Crippen LogP contribution is 2.20. The average molecular weight is 460 g/mol. The molecule has 0 radical (unpaired) electrons. The number of aryl methyl sites for hydroxylation is 2. The summed E-state index contributed by atoms with van der Waals surface area (Å²) in [6.45, 7) is 8.22. The maximum absolute atomic E-state index is 5.43. The van der Waals surface area contributed by atoms with Crippen LogP contribution in [0.25, 0.3) is 0 Å². The van der Waals surface area contributed by atoms with Crippen LogP contribution in [0.3, 0.4) is 0 Å². The number of guanidine groups is 1. The smallest absolute Gasteiger partial charge is 0.191 e. The predicted octanol–water partition coefficient (Wildman–Crippen LogP) is 3.64. The Morgan fingerprint density at radius 1 is 1.29 bits per heavy atom. The summed E-state index contributed by atoms with van der Waals surface area (Å²) < 4.78 is 5.43. The molecule has 0 aliphatic heterocycles. The van der Waals surface area contributed by atoms with E-state index in [1.807, 2.05) is 12.3 Å². The number of methoxy groups -OCH3 is 1. The number of hydrogen-bond acceptors (Lipinski definition) is 4. The first-order valence-corrected chi connectivity index (χ1v) is 8.51. The van der Waals surface area contributed by atoms with Gasteiger partial charge in [-0.05, 0) is 32.4 Å². The van der Waals surface area contributed by atoms with E-state index in [4.69, 9.17) is 4.74 Å². The topological polar surface area (TPSA) is 58.5 Å². The Morgan fingerprint density at radius 3 is 2.71 bits per heavy atom. The van der Waals surface area contributed by atoms with Crippen molar-refractivity contribution in [3.05, 3.63) is 45.4 Å². The number of nitrogens with zero attached hydrogens (tertiary/aromatic N) is 2. The summed E-state index contributed by atoms with van der Waals surface area (Å²) in [5.41, 5.74) is 2.25. The van der Waals surface area contributed by atoms with Crippen molar-refractivity contribution in [3.8, 4) is 5.75 Å². The van der Waals surface area contributed by atoms with E-state index in [9.17, 15) is 0 Å². The minimum atomic E-state index is 0. The molecule has 0 spiro atoms. The van der Waals surface area contributed by atoms with E-state index in [1.165, 1.54) is 10.4 Å². The molecule has 0 fully saturated rings. The van der Waals surface area contributed by atoms with Gasteiger partial charge in [-0.2, -0.15) is 0 Å². The lowest BCUT2D eigenvalue weighted by molar-refractivity contribution is 0.409. The Kier molecular flexibility index (Phi) is 9.05. The van der Waals surface area contributed by atoms with Crippen molar-refractivity contribution in [1.82, 2.24) is 15.6 Å². The van der Waals surface area contributed by atoms with Crippen LogP contribution in [-0.4, -0.2) is 24.6 Å². The van der Waals surface area contributed by atoms with Gasteiger partial charge >= 0.3 is 0 Å². The second-order valence-corrected chi connectivity index (χ2v) is 6.55. The molecule has 0 saturated carbocycles. The molecule has 1 heterocycles. The maximum atomic E-state index is 5.43. The molecule has 2 N–H and O–H groups in total. The van der Waals surface area contributed by atoms with E-state index >= 15 is 0 Å². The van der Waals surface area contributed by atoms with Gasteiger partial charge in [0, 0.05) is 23.2 Å². The second-order valence-electron chi connectivity index (χ2n) is 5.23. The van der Waals surface area contributed by atoms with E-state index in [2.05, 4.69) is 53.5 Å². The standard InChI is InChI=1S/C17H24N4OS.HI/c1-5-18-17(21-11-16-19-9-13(3)23-16)20-10-14-7-6-12(2)8-15(14)22-4;/h6-9H,5,10-11H2,1-4H3,(H2,18,20,21);1H. The summed E-state index contributed by atoms with van der Waals surface area (Å²) in [6.07, 6.45) is 1.89. The normalized spacial score (nSPS) is 10.9. The van der Waals surface area contributed by atoms with Crippen LogP contribution in [0, 0.1) is 13.8 Å². The van der Waals surface area contributed by atoms with Crippen LogP contribution in [0.4, 0.5) is 0 Å². The van der Waals surface area contributed by atoms with Crippen molar-refractivity contribution < 1.29 is 4.74 Å². The Balaban J connectivity index is 0.00000288. The molecule has 7 heteroatoms. The molecular formula is C17H25IN4OS. The first-order valence-electron chi connectivity index (χ1n) is 7.69. The molecule has 132 valence electrons. The van der Waals surface area contributed by atoms with Gasteiger partial charge in [-0.1, -0.05) is 12.1 Å². The number of hydrogen-bond donors (Lipinski definition) is 2.